The smallest absolute Gasteiger partial charge is 0.321 e. The second-order valence-electron chi connectivity index (χ2n) is 7.00. The maximum atomic E-state index is 12.9. The molecule has 0 bridgehead atoms. The monoisotopic (exact) mass is 438 g/mol. The van der Waals surface area contributed by atoms with Crippen LogP contribution in [0.1, 0.15) is 23.7 Å². The standard InChI is InChI=1S/C23H24N4O4.H2O/c1-16(22-24-25-26-27(22)2)13-14-18(28)15-20(29)21(17-9-5-3-6-10-17)23(30)31-19-11-7-4-8-12-19;/h3-14,18,20-21,28-29H,1,15H2,2H3;1H2. The molecule has 1 aromatic heterocycles. The van der Waals surface area contributed by atoms with Crippen LogP contribution in [0.25, 0.3) is 5.57 Å². The van der Waals surface area contributed by atoms with E-state index in [0.29, 0.717) is 22.7 Å². The summed E-state index contributed by atoms with van der Waals surface area (Å²) in [5, 5.41) is 32.3. The van der Waals surface area contributed by atoms with Crippen LogP contribution >= 0.6 is 0 Å². The van der Waals surface area contributed by atoms with Crippen LogP contribution in [0.15, 0.2) is 79.4 Å². The normalized spacial score (nSPS) is 13.7. The number of tetrazole rings is 1. The Kier molecular flexibility index (Phi) is 8.96. The van der Waals surface area contributed by atoms with Gasteiger partial charge in [0.2, 0.25) is 0 Å². The Morgan fingerprint density at radius 2 is 1.75 bits per heavy atom. The number of carbonyl (C=O) groups excluding carboxylic acids is 1. The Morgan fingerprint density at radius 1 is 1.12 bits per heavy atom. The highest BCUT2D eigenvalue weighted by Gasteiger charge is 2.31. The Bertz CT molecular complexity index is 1040. The molecule has 168 valence electrons. The molecule has 0 aliphatic heterocycles. The molecule has 0 saturated heterocycles. The first kappa shape index (κ1) is 24.6. The van der Waals surface area contributed by atoms with Gasteiger partial charge in [0.05, 0.1) is 12.2 Å². The predicted molar refractivity (Wildman–Crippen MR) is 118 cm³/mol. The van der Waals surface area contributed by atoms with Gasteiger partial charge in [-0.15, -0.1) is 5.10 Å². The van der Waals surface area contributed by atoms with Crippen LogP contribution in [-0.4, -0.2) is 54.1 Å². The minimum Gasteiger partial charge on any atom is -0.426 e. The zero-order chi connectivity index (χ0) is 22.2. The van der Waals surface area contributed by atoms with Gasteiger partial charge in [-0.3, -0.25) is 4.79 Å². The largest absolute Gasteiger partial charge is 0.426 e. The minimum atomic E-state index is -1.18. The number of aromatic nitrogens is 4. The molecule has 0 amide bonds. The average molecular weight is 438 g/mol. The number of ether oxygens (including phenoxy) is 1. The summed E-state index contributed by atoms with van der Waals surface area (Å²) in [7, 11) is 1.68. The van der Waals surface area contributed by atoms with E-state index in [1.165, 1.54) is 10.8 Å². The summed E-state index contributed by atoms with van der Waals surface area (Å²) in [5.74, 6) is -0.724. The molecule has 0 saturated carbocycles. The van der Waals surface area contributed by atoms with E-state index in [9.17, 15) is 15.0 Å². The molecule has 3 atom stereocenters. The van der Waals surface area contributed by atoms with Crippen LogP contribution in [0.5, 0.6) is 5.75 Å². The summed E-state index contributed by atoms with van der Waals surface area (Å²) in [5.41, 5.74) is 1.10. The molecule has 3 aromatic rings. The van der Waals surface area contributed by atoms with E-state index in [-0.39, 0.29) is 11.9 Å². The summed E-state index contributed by atoms with van der Waals surface area (Å²) in [6.45, 7) is 3.87. The number of aliphatic hydroxyl groups excluding tert-OH is 2. The Hall–Kier alpha value is -3.66. The van der Waals surface area contributed by atoms with E-state index in [2.05, 4.69) is 22.1 Å². The van der Waals surface area contributed by atoms with Crippen LogP contribution in [0.2, 0.25) is 0 Å². The lowest BCUT2D eigenvalue weighted by Gasteiger charge is -2.23. The number of allylic oxidation sites excluding steroid dienone is 2. The lowest BCUT2D eigenvalue weighted by Crippen LogP contribution is -2.32. The van der Waals surface area contributed by atoms with E-state index in [1.807, 2.05) is 12.1 Å². The van der Waals surface area contributed by atoms with Gasteiger partial charge in [0.25, 0.3) is 0 Å². The summed E-state index contributed by atoms with van der Waals surface area (Å²) < 4.78 is 6.91. The third kappa shape index (κ3) is 6.42. The molecule has 9 heteroatoms. The third-order valence-corrected chi connectivity index (χ3v) is 4.67. The van der Waals surface area contributed by atoms with Crippen molar-refractivity contribution in [2.75, 3.05) is 0 Å². The van der Waals surface area contributed by atoms with E-state index in [0.717, 1.165) is 0 Å². The lowest BCUT2D eigenvalue weighted by molar-refractivity contribution is -0.139. The summed E-state index contributed by atoms with van der Waals surface area (Å²) >= 11 is 0. The number of esters is 1. The van der Waals surface area contributed by atoms with E-state index < -0.39 is 24.1 Å². The van der Waals surface area contributed by atoms with Gasteiger partial charge in [-0.05, 0) is 28.1 Å². The van der Waals surface area contributed by atoms with E-state index in [4.69, 9.17) is 4.74 Å². The van der Waals surface area contributed by atoms with Crippen molar-refractivity contribution in [3.63, 3.8) is 0 Å². The number of aliphatic hydroxyl groups is 2. The second kappa shape index (κ2) is 11.7. The molecule has 0 spiro atoms. The number of carbonyl (C=O) groups is 1. The Balaban J connectivity index is 0.00000363. The highest BCUT2D eigenvalue weighted by molar-refractivity contribution is 5.81. The molecular formula is C23H26N4O5. The minimum absolute atomic E-state index is 0. The van der Waals surface area contributed by atoms with Crippen LogP contribution in [0.3, 0.4) is 0 Å². The Morgan fingerprint density at radius 3 is 2.34 bits per heavy atom. The molecule has 3 unspecified atom stereocenters. The predicted octanol–water partition coefficient (Wildman–Crippen LogP) is 1.46. The molecule has 0 radical (unpaired) electrons. The number of benzene rings is 2. The third-order valence-electron chi connectivity index (χ3n) is 4.67. The van der Waals surface area contributed by atoms with Gasteiger partial charge < -0.3 is 20.4 Å². The molecule has 0 aliphatic rings. The van der Waals surface area contributed by atoms with Gasteiger partial charge in [0.1, 0.15) is 11.7 Å². The fourth-order valence-corrected chi connectivity index (χ4v) is 3.11. The maximum absolute atomic E-state index is 12.9. The van der Waals surface area contributed by atoms with Gasteiger partial charge in [0.15, 0.2) is 5.82 Å². The number of rotatable bonds is 9. The molecular weight excluding hydrogens is 412 g/mol. The molecule has 0 fully saturated rings. The first-order valence-electron chi connectivity index (χ1n) is 9.73. The first-order chi connectivity index (χ1) is 15.0. The summed E-state index contributed by atoms with van der Waals surface area (Å²) in [4.78, 5) is 12.9. The van der Waals surface area contributed by atoms with Crippen LogP contribution in [-0.2, 0) is 11.8 Å². The van der Waals surface area contributed by atoms with Crippen LogP contribution in [0.4, 0.5) is 0 Å². The van der Waals surface area contributed by atoms with Gasteiger partial charge in [0, 0.05) is 19.0 Å². The molecule has 4 N–H and O–H groups in total. The van der Waals surface area contributed by atoms with Crippen molar-refractivity contribution in [2.45, 2.75) is 24.5 Å². The molecule has 3 rings (SSSR count). The highest BCUT2D eigenvalue weighted by atomic mass is 16.5. The quantitative estimate of drug-likeness (QED) is 0.292. The van der Waals surface area contributed by atoms with Crippen molar-refractivity contribution in [3.8, 4) is 5.75 Å². The van der Waals surface area contributed by atoms with Crippen LogP contribution < -0.4 is 4.74 Å². The maximum Gasteiger partial charge on any atom is 0.321 e. The lowest BCUT2D eigenvalue weighted by atomic mass is 9.90. The summed E-state index contributed by atoms with van der Waals surface area (Å²) in [6.07, 6.45) is 0.768. The fourth-order valence-electron chi connectivity index (χ4n) is 3.11. The van der Waals surface area contributed by atoms with Crippen molar-refractivity contribution in [2.24, 2.45) is 7.05 Å². The first-order valence-corrected chi connectivity index (χ1v) is 9.73. The number of hydrogen-bond acceptors (Lipinski definition) is 7. The van der Waals surface area contributed by atoms with E-state index >= 15 is 0 Å². The van der Waals surface area contributed by atoms with Crippen LogP contribution in [0, 0.1) is 0 Å². The molecule has 1 heterocycles. The van der Waals surface area contributed by atoms with Gasteiger partial charge in [-0.1, -0.05) is 67.3 Å². The SMILES string of the molecule is C=C(C=CC(O)CC(O)C(C(=O)Oc1ccccc1)c1ccccc1)c1nnnn1C.O. The number of aryl methyl sites for hydroxylation is 1. The zero-order valence-corrected chi connectivity index (χ0v) is 17.6. The van der Waals surface area contributed by atoms with Crippen molar-refractivity contribution in [1.82, 2.24) is 20.2 Å². The molecule has 0 aliphatic carbocycles. The van der Waals surface area contributed by atoms with E-state index in [1.54, 1.807) is 61.7 Å². The van der Waals surface area contributed by atoms with Gasteiger partial charge in [-0.25, -0.2) is 4.68 Å². The molecule has 9 nitrogen and oxygen atoms in total. The van der Waals surface area contributed by atoms with Crippen molar-refractivity contribution < 1.29 is 25.2 Å². The number of hydrogen-bond donors (Lipinski definition) is 2. The molecule has 32 heavy (non-hydrogen) atoms. The highest BCUT2D eigenvalue weighted by Crippen LogP contribution is 2.26. The number of nitrogens with zero attached hydrogens (tertiary/aromatic N) is 4. The number of para-hydroxylation sites is 1. The van der Waals surface area contributed by atoms with Crippen molar-refractivity contribution >= 4 is 11.5 Å². The Labute approximate surface area is 185 Å². The summed E-state index contributed by atoms with van der Waals surface area (Å²) in [6, 6.07) is 17.5. The van der Waals surface area contributed by atoms with Gasteiger partial charge >= 0.3 is 5.97 Å². The molecule has 2 aromatic carbocycles. The topological polar surface area (TPSA) is 142 Å². The fraction of sp³-hybridized carbons (Fsp3) is 0.217. The second-order valence-corrected chi connectivity index (χ2v) is 7.00. The van der Waals surface area contributed by atoms with Crippen molar-refractivity contribution in [3.05, 3.63) is 90.8 Å². The van der Waals surface area contributed by atoms with Gasteiger partial charge in [-0.2, -0.15) is 0 Å². The van der Waals surface area contributed by atoms with Crippen molar-refractivity contribution in [1.29, 1.82) is 0 Å². The zero-order valence-electron chi connectivity index (χ0n) is 17.6. The average Bonchev–Trinajstić information content (AvgIpc) is 3.19.